The first kappa shape index (κ1) is 17.7. The summed E-state index contributed by atoms with van der Waals surface area (Å²) in [4.78, 5) is 22.6. The fourth-order valence-corrected chi connectivity index (χ4v) is 2.36. The van der Waals surface area contributed by atoms with Crippen molar-refractivity contribution in [3.05, 3.63) is 62.7 Å². The minimum atomic E-state index is -0.482. The van der Waals surface area contributed by atoms with Crippen molar-refractivity contribution >= 4 is 28.9 Å². The Bertz CT molecular complexity index is 790. The number of nitro groups is 1. The molecule has 1 N–H and O–H groups in total. The first-order valence-electron chi connectivity index (χ1n) is 7.30. The molecule has 0 aliphatic carbocycles. The van der Waals surface area contributed by atoms with Crippen molar-refractivity contribution in [1.29, 1.82) is 0 Å². The van der Waals surface area contributed by atoms with Crippen LogP contribution in [0.1, 0.15) is 29.8 Å². The topological polar surface area (TPSA) is 81.5 Å². The highest BCUT2D eigenvalue weighted by atomic mass is 35.5. The van der Waals surface area contributed by atoms with Gasteiger partial charge in [-0.15, -0.1) is 0 Å². The first-order chi connectivity index (χ1) is 11.3. The fourth-order valence-electron chi connectivity index (χ4n) is 2.13. The molecule has 0 aromatic heterocycles. The van der Waals surface area contributed by atoms with Gasteiger partial charge in [0.15, 0.2) is 0 Å². The van der Waals surface area contributed by atoms with E-state index in [1.54, 1.807) is 25.1 Å². The number of aryl methyl sites for hydroxylation is 1. The number of nitro benzene ring substituents is 1. The molecule has 126 valence electrons. The van der Waals surface area contributed by atoms with Crippen molar-refractivity contribution in [3.63, 3.8) is 0 Å². The van der Waals surface area contributed by atoms with Gasteiger partial charge in [0.2, 0.25) is 0 Å². The van der Waals surface area contributed by atoms with Crippen molar-refractivity contribution in [1.82, 2.24) is 0 Å². The molecule has 0 saturated carbocycles. The van der Waals surface area contributed by atoms with E-state index in [2.05, 4.69) is 5.32 Å². The van der Waals surface area contributed by atoms with Gasteiger partial charge in [-0.05, 0) is 51.1 Å². The zero-order valence-electron chi connectivity index (χ0n) is 13.5. The molecule has 0 saturated heterocycles. The van der Waals surface area contributed by atoms with Crippen LogP contribution in [0.5, 0.6) is 5.75 Å². The molecule has 0 fully saturated rings. The smallest absolute Gasteiger partial charge is 0.272 e. The number of rotatable bonds is 5. The van der Waals surface area contributed by atoms with Crippen LogP contribution in [0.2, 0.25) is 5.02 Å². The van der Waals surface area contributed by atoms with Gasteiger partial charge in [0.25, 0.3) is 11.6 Å². The molecule has 0 heterocycles. The van der Waals surface area contributed by atoms with Crippen LogP contribution in [0.15, 0.2) is 36.4 Å². The maximum Gasteiger partial charge on any atom is 0.272 e. The lowest BCUT2D eigenvalue weighted by Crippen LogP contribution is -2.12. The van der Waals surface area contributed by atoms with Crippen LogP contribution in [0, 0.1) is 17.0 Å². The Morgan fingerprint density at radius 3 is 2.50 bits per heavy atom. The van der Waals surface area contributed by atoms with Gasteiger partial charge in [-0.25, -0.2) is 0 Å². The lowest BCUT2D eigenvalue weighted by atomic mass is 10.1. The molecule has 1 amide bonds. The molecular weight excluding hydrogens is 332 g/mol. The number of carbonyl (C=O) groups excluding carboxylic acids is 1. The quantitative estimate of drug-likeness (QED) is 0.632. The van der Waals surface area contributed by atoms with Crippen molar-refractivity contribution < 1.29 is 14.5 Å². The van der Waals surface area contributed by atoms with Crippen LogP contribution >= 0.6 is 11.6 Å². The second kappa shape index (κ2) is 7.31. The minimum Gasteiger partial charge on any atom is -0.489 e. The van der Waals surface area contributed by atoms with Gasteiger partial charge < -0.3 is 10.1 Å². The van der Waals surface area contributed by atoms with E-state index in [9.17, 15) is 14.9 Å². The summed E-state index contributed by atoms with van der Waals surface area (Å²) in [5.41, 5.74) is 1.24. The highest BCUT2D eigenvalue weighted by Crippen LogP contribution is 2.29. The molecule has 0 atom stereocenters. The number of halogens is 1. The highest BCUT2D eigenvalue weighted by Gasteiger charge is 2.14. The number of hydrogen-bond acceptors (Lipinski definition) is 4. The number of ether oxygens (including phenoxy) is 1. The Hall–Kier alpha value is -2.60. The number of nitrogens with one attached hydrogen (secondary N) is 1. The monoisotopic (exact) mass is 348 g/mol. The largest absolute Gasteiger partial charge is 0.489 e. The number of nitrogens with zero attached hydrogens (tertiary/aromatic N) is 1. The average molecular weight is 349 g/mol. The molecule has 2 aromatic rings. The predicted molar refractivity (Wildman–Crippen MR) is 93.0 cm³/mol. The van der Waals surface area contributed by atoms with E-state index in [0.717, 1.165) is 0 Å². The third-order valence-electron chi connectivity index (χ3n) is 3.21. The summed E-state index contributed by atoms with van der Waals surface area (Å²) < 4.78 is 5.53. The van der Waals surface area contributed by atoms with E-state index in [4.69, 9.17) is 16.3 Å². The van der Waals surface area contributed by atoms with Crippen LogP contribution < -0.4 is 10.1 Å². The molecule has 0 aliphatic rings. The van der Waals surface area contributed by atoms with Gasteiger partial charge in [-0.2, -0.15) is 0 Å². The second-order valence-corrected chi connectivity index (χ2v) is 5.93. The van der Waals surface area contributed by atoms with Gasteiger partial charge in [0, 0.05) is 22.9 Å². The van der Waals surface area contributed by atoms with Gasteiger partial charge in [-0.1, -0.05) is 11.6 Å². The lowest BCUT2D eigenvalue weighted by Gasteiger charge is -2.13. The predicted octanol–water partition coefficient (Wildman–Crippen LogP) is 4.60. The third kappa shape index (κ3) is 4.23. The SMILES string of the molecule is Cc1cc(C(=O)Nc2ccc(OC(C)C)c(Cl)c2)ccc1[N+](=O)[O-]. The van der Waals surface area contributed by atoms with Crippen molar-refractivity contribution in [3.8, 4) is 5.75 Å². The summed E-state index contributed by atoms with van der Waals surface area (Å²) in [6, 6.07) is 9.16. The summed E-state index contributed by atoms with van der Waals surface area (Å²) in [6.45, 7) is 5.37. The van der Waals surface area contributed by atoms with Crippen molar-refractivity contribution in [2.75, 3.05) is 5.32 Å². The summed E-state index contributed by atoms with van der Waals surface area (Å²) in [6.07, 6.45) is -0.00831. The highest BCUT2D eigenvalue weighted by molar-refractivity contribution is 6.32. The third-order valence-corrected chi connectivity index (χ3v) is 3.50. The van der Waals surface area contributed by atoms with E-state index < -0.39 is 4.92 Å². The summed E-state index contributed by atoms with van der Waals surface area (Å²) in [5.74, 6) is 0.164. The Morgan fingerprint density at radius 1 is 1.25 bits per heavy atom. The number of anilines is 1. The maximum absolute atomic E-state index is 12.3. The van der Waals surface area contributed by atoms with Crippen LogP contribution in [-0.4, -0.2) is 16.9 Å². The normalized spacial score (nSPS) is 10.5. The lowest BCUT2D eigenvalue weighted by molar-refractivity contribution is -0.385. The van der Waals surface area contributed by atoms with E-state index in [1.165, 1.54) is 18.2 Å². The van der Waals surface area contributed by atoms with E-state index in [1.807, 2.05) is 13.8 Å². The first-order valence-corrected chi connectivity index (χ1v) is 7.68. The number of amides is 1. The molecule has 7 heteroatoms. The van der Waals surface area contributed by atoms with Gasteiger partial charge >= 0.3 is 0 Å². The molecule has 0 aliphatic heterocycles. The Morgan fingerprint density at radius 2 is 1.96 bits per heavy atom. The van der Waals surface area contributed by atoms with Gasteiger partial charge in [-0.3, -0.25) is 14.9 Å². The Balaban J connectivity index is 2.16. The molecule has 6 nitrogen and oxygen atoms in total. The van der Waals surface area contributed by atoms with E-state index >= 15 is 0 Å². The molecule has 2 aromatic carbocycles. The van der Waals surface area contributed by atoms with E-state index in [0.29, 0.717) is 27.6 Å². The summed E-state index contributed by atoms with van der Waals surface area (Å²) in [5, 5.41) is 13.9. The maximum atomic E-state index is 12.3. The van der Waals surface area contributed by atoms with Crippen LogP contribution in [0.4, 0.5) is 11.4 Å². The summed E-state index contributed by atoms with van der Waals surface area (Å²) in [7, 11) is 0. The summed E-state index contributed by atoms with van der Waals surface area (Å²) >= 11 is 6.13. The van der Waals surface area contributed by atoms with Crippen LogP contribution in [0.3, 0.4) is 0 Å². The zero-order valence-corrected chi connectivity index (χ0v) is 14.3. The molecule has 2 rings (SSSR count). The molecule has 0 spiro atoms. The molecule has 0 bridgehead atoms. The van der Waals surface area contributed by atoms with Gasteiger partial charge in [0.05, 0.1) is 16.0 Å². The average Bonchev–Trinajstić information content (AvgIpc) is 2.49. The zero-order chi connectivity index (χ0) is 17.9. The Labute approximate surface area is 144 Å². The fraction of sp³-hybridized carbons (Fsp3) is 0.235. The minimum absolute atomic E-state index is 0.00831. The Kier molecular flexibility index (Phi) is 5.41. The number of benzene rings is 2. The molecule has 0 unspecified atom stereocenters. The molecular formula is C17H17ClN2O4. The van der Waals surface area contributed by atoms with E-state index in [-0.39, 0.29) is 17.7 Å². The molecule has 24 heavy (non-hydrogen) atoms. The standard InChI is InChI=1S/C17H17ClN2O4/c1-10(2)24-16-7-5-13(9-14(16)18)19-17(21)12-4-6-15(20(22)23)11(3)8-12/h4-10H,1-3H3,(H,19,21). The van der Waals surface area contributed by atoms with Crippen LogP contribution in [0.25, 0.3) is 0 Å². The second-order valence-electron chi connectivity index (χ2n) is 5.52. The molecule has 0 radical (unpaired) electrons. The van der Waals surface area contributed by atoms with Crippen LogP contribution in [-0.2, 0) is 0 Å². The van der Waals surface area contributed by atoms with Gasteiger partial charge in [0.1, 0.15) is 5.75 Å². The number of hydrogen-bond donors (Lipinski definition) is 1. The number of carbonyl (C=O) groups is 1. The van der Waals surface area contributed by atoms with Crippen molar-refractivity contribution in [2.24, 2.45) is 0 Å². The van der Waals surface area contributed by atoms with Crippen molar-refractivity contribution in [2.45, 2.75) is 26.9 Å².